The van der Waals surface area contributed by atoms with E-state index in [9.17, 15) is 13.2 Å². The van der Waals surface area contributed by atoms with Crippen LogP contribution in [0.4, 0.5) is 0 Å². The number of hydrogen-bond donors (Lipinski definition) is 2. The number of nitrogens with one attached hydrogen (secondary N) is 2. The van der Waals surface area contributed by atoms with Crippen LogP contribution in [-0.4, -0.2) is 20.9 Å². The molecule has 0 aliphatic rings. The molecule has 7 heteroatoms. The predicted octanol–water partition coefficient (Wildman–Crippen LogP) is 2.88. The fraction of sp³-hybridized carbons (Fsp3) is 0.235. The summed E-state index contributed by atoms with van der Waals surface area (Å²) < 4.78 is 27.4. The molecular weight excluding hydrogens is 348 g/mol. The van der Waals surface area contributed by atoms with Gasteiger partial charge in [0.2, 0.25) is 10.0 Å². The van der Waals surface area contributed by atoms with Crippen LogP contribution in [0.5, 0.6) is 0 Å². The molecule has 0 aliphatic carbocycles. The minimum Gasteiger partial charge on any atom is -0.352 e. The maximum absolute atomic E-state index is 12.4. The van der Waals surface area contributed by atoms with Gasteiger partial charge in [0.25, 0.3) is 5.91 Å². The fourth-order valence-corrected chi connectivity index (χ4v) is 3.68. The van der Waals surface area contributed by atoms with E-state index >= 15 is 0 Å². The summed E-state index contributed by atoms with van der Waals surface area (Å²) in [4.78, 5) is 11.9. The Bertz CT molecular complexity index is 833. The highest BCUT2D eigenvalue weighted by atomic mass is 35.5. The first-order valence-electron chi connectivity index (χ1n) is 7.46. The molecule has 2 aromatic rings. The van der Waals surface area contributed by atoms with Crippen molar-refractivity contribution in [2.75, 3.05) is 6.54 Å². The summed E-state index contributed by atoms with van der Waals surface area (Å²) in [7, 11) is -3.66. The molecule has 2 aromatic carbocycles. The Labute approximate surface area is 147 Å². The summed E-state index contributed by atoms with van der Waals surface area (Å²) in [5.74, 6) is -0.154. The first kappa shape index (κ1) is 18.4. The molecule has 5 nitrogen and oxygen atoms in total. The molecule has 0 unspecified atom stereocenters. The van der Waals surface area contributed by atoms with Crippen LogP contribution in [0.25, 0.3) is 0 Å². The quantitative estimate of drug-likeness (QED) is 0.825. The highest BCUT2D eigenvalue weighted by molar-refractivity contribution is 7.89. The van der Waals surface area contributed by atoms with Gasteiger partial charge in [-0.15, -0.1) is 0 Å². The Balaban J connectivity index is 2.09. The van der Waals surface area contributed by atoms with E-state index in [4.69, 9.17) is 11.6 Å². The Hall–Kier alpha value is -1.89. The van der Waals surface area contributed by atoms with Crippen LogP contribution in [0.2, 0.25) is 5.02 Å². The first-order chi connectivity index (χ1) is 11.3. The Morgan fingerprint density at radius 3 is 2.42 bits per heavy atom. The Morgan fingerprint density at radius 1 is 1.12 bits per heavy atom. The average Bonchev–Trinajstić information content (AvgIpc) is 2.56. The molecule has 24 heavy (non-hydrogen) atoms. The number of rotatable bonds is 6. The minimum absolute atomic E-state index is 0.129. The second kappa shape index (κ2) is 7.79. The molecule has 0 aromatic heterocycles. The molecule has 2 rings (SSSR count). The van der Waals surface area contributed by atoms with Gasteiger partial charge in [-0.05, 0) is 49.2 Å². The van der Waals surface area contributed by atoms with Crippen LogP contribution in [0.3, 0.4) is 0 Å². The molecule has 128 valence electrons. The number of benzene rings is 2. The van der Waals surface area contributed by atoms with Crippen molar-refractivity contribution in [3.05, 3.63) is 64.2 Å². The predicted molar refractivity (Wildman–Crippen MR) is 94.7 cm³/mol. The second-order valence-electron chi connectivity index (χ2n) is 5.29. The fourth-order valence-electron chi connectivity index (χ4n) is 2.16. The van der Waals surface area contributed by atoms with Gasteiger partial charge in [0.05, 0.1) is 4.90 Å². The molecule has 0 fully saturated rings. The van der Waals surface area contributed by atoms with Gasteiger partial charge in [-0.2, -0.15) is 0 Å². The lowest BCUT2D eigenvalue weighted by Gasteiger charge is -2.10. The summed E-state index contributed by atoms with van der Waals surface area (Å²) in [5, 5.41) is 3.08. The van der Waals surface area contributed by atoms with Crippen LogP contribution < -0.4 is 10.0 Å². The standard InChI is InChI=1S/C17H19ClN2O3S/c1-3-19-17(21)14-7-5-13(6-8-14)11-20-24(22,23)16-10-15(18)9-4-12(16)2/h4-10,20H,3,11H2,1-2H3,(H,19,21). The molecule has 0 saturated carbocycles. The highest BCUT2D eigenvalue weighted by Crippen LogP contribution is 2.20. The number of halogens is 1. The number of carbonyl (C=O) groups is 1. The van der Waals surface area contributed by atoms with Crippen molar-refractivity contribution in [2.45, 2.75) is 25.3 Å². The van der Waals surface area contributed by atoms with Crippen LogP contribution in [0, 0.1) is 6.92 Å². The monoisotopic (exact) mass is 366 g/mol. The number of carbonyl (C=O) groups excluding carboxylic acids is 1. The Kier molecular flexibility index (Phi) is 5.99. The molecule has 0 radical (unpaired) electrons. The summed E-state index contributed by atoms with van der Waals surface area (Å²) in [6.45, 7) is 4.24. The summed E-state index contributed by atoms with van der Waals surface area (Å²) in [6.07, 6.45) is 0. The van der Waals surface area contributed by atoms with Gasteiger partial charge in [-0.25, -0.2) is 13.1 Å². The third-order valence-electron chi connectivity index (χ3n) is 3.46. The minimum atomic E-state index is -3.66. The normalized spacial score (nSPS) is 11.3. The first-order valence-corrected chi connectivity index (χ1v) is 9.32. The SMILES string of the molecule is CCNC(=O)c1ccc(CNS(=O)(=O)c2cc(Cl)ccc2C)cc1. The van der Waals surface area contributed by atoms with Gasteiger partial charge in [0.1, 0.15) is 0 Å². The molecule has 2 N–H and O–H groups in total. The van der Waals surface area contributed by atoms with E-state index in [1.54, 1.807) is 43.3 Å². The van der Waals surface area contributed by atoms with Crippen molar-refractivity contribution in [1.82, 2.24) is 10.0 Å². The maximum atomic E-state index is 12.4. The highest BCUT2D eigenvalue weighted by Gasteiger charge is 2.17. The number of hydrogen-bond acceptors (Lipinski definition) is 3. The molecule has 0 saturated heterocycles. The summed E-state index contributed by atoms with van der Waals surface area (Å²) in [6, 6.07) is 11.5. The van der Waals surface area contributed by atoms with Crippen molar-refractivity contribution in [3.63, 3.8) is 0 Å². The summed E-state index contributed by atoms with van der Waals surface area (Å²) in [5.41, 5.74) is 1.92. The van der Waals surface area contributed by atoms with Gasteiger partial charge in [0.15, 0.2) is 0 Å². The topological polar surface area (TPSA) is 75.3 Å². The lowest BCUT2D eigenvalue weighted by Crippen LogP contribution is -2.24. The van der Waals surface area contributed by atoms with Crippen molar-refractivity contribution >= 4 is 27.5 Å². The third-order valence-corrected chi connectivity index (χ3v) is 5.24. The largest absolute Gasteiger partial charge is 0.352 e. The lowest BCUT2D eigenvalue weighted by molar-refractivity contribution is 0.0956. The second-order valence-corrected chi connectivity index (χ2v) is 7.46. The van der Waals surface area contributed by atoms with Crippen molar-refractivity contribution in [1.29, 1.82) is 0 Å². The van der Waals surface area contributed by atoms with E-state index in [1.807, 2.05) is 6.92 Å². The number of amides is 1. The van der Waals surface area contributed by atoms with Gasteiger partial charge in [-0.3, -0.25) is 4.79 Å². The van der Waals surface area contributed by atoms with Gasteiger partial charge in [-0.1, -0.05) is 29.8 Å². The van der Waals surface area contributed by atoms with Crippen LogP contribution >= 0.6 is 11.6 Å². The lowest BCUT2D eigenvalue weighted by atomic mass is 10.1. The van der Waals surface area contributed by atoms with Gasteiger partial charge in [0, 0.05) is 23.7 Å². The van der Waals surface area contributed by atoms with Crippen LogP contribution in [-0.2, 0) is 16.6 Å². The van der Waals surface area contributed by atoms with E-state index in [2.05, 4.69) is 10.0 Å². The van der Waals surface area contributed by atoms with Crippen LogP contribution in [0.1, 0.15) is 28.4 Å². The molecule has 1 amide bonds. The summed E-state index contributed by atoms with van der Waals surface area (Å²) >= 11 is 5.88. The Morgan fingerprint density at radius 2 is 1.79 bits per heavy atom. The van der Waals surface area contributed by atoms with E-state index < -0.39 is 10.0 Å². The zero-order valence-corrected chi connectivity index (χ0v) is 15.0. The zero-order valence-electron chi connectivity index (χ0n) is 13.5. The molecule has 0 spiro atoms. The molecule has 0 heterocycles. The van der Waals surface area contributed by atoms with Crippen molar-refractivity contribution in [3.8, 4) is 0 Å². The number of aryl methyl sites for hydroxylation is 1. The van der Waals surface area contributed by atoms with Crippen LogP contribution in [0.15, 0.2) is 47.4 Å². The smallest absolute Gasteiger partial charge is 0.251 e. The average molecular weight is 367 g/mol. The molecule has 0 bridgehead atoms. The van der Waals surface area contributed by atoms with Gasteiger partial charge < -0.3 is 5.32 Å². The number of sulfonamides is 1. The van der Waals surface area contributed by atoms with E-state index in [0.717, 1.165) is 5.56 Å². The molecule has 0 aliphatic heterocycles. The third kappa shape index (κ3) is 4.56. The van der Waals surface area contributed by atoms with Crippen molar-refractivity contribution < 1.29 is 13.2 Å². The maximum Gasteiger partial charge on any atom is 0.251 e. The van der Waals surface area contributed by atoms with E-state index in [1.165, 1.54) is 6.07 Å². The van der Waals surface area contributed by atoms with Crippen molar-refractivity contribution in [2.24, 2.45) is 0 Å². The van der Waals surface area contributed by atoms with E-state index in [-0.39, 0.29) is 17.3 Å². The zero-order chi connectivity index (χ0) is 17.7. The molecular formula is C17H19ClN2O3S. The van der Waals surface area contributed by atoms with E-state index in [0.29, 0.717) is 22.7 Å². The molecule has 0 atom stereocenters. The van der Waals surface area contributed by atoms with Gasteiger partial charge >= 0.3 is 0 Å².